The minimum Gasteiger partial charge on any atom is -0.393 e. The molecule has 2 fully saturated rings. The summed E-state index contributed by atoms with van der Waals surface area (Å²) in [6.07, 6.45) is 1.88. The molecule has 1 saturated carbocycles. The number of hydrogen-bond acceptors (Lipinski definition) is 13. The van der Waals surface area contributed by atoms with E-state index < -0.39 is 69.3 Å². The van der Waals surface area contributed by atoms with Gasteiger partial charge in [-0.3, -0.25) is 9.56 Å². The van der Waals surface area contributed by atoms with Crippen LogP contribution in [0, 0.1) is 5.92 Å². The lowest BCUT2D eigenvalue weighted by Gasteiger charge is -2.35. The number of nitrogens with one attached hydrogen (secondary N) is 2. The summed E-state index contributed by atoms with van der Waals surface area (Å²) in [7, 11) is -5.12. The lowest BCUT2D eigenvalue weighted by molar-refractivity contribution is -0.127. The van der Waals surface area contributed by atoms with Crippen molar-refractivity contribution >= 4 is 31.2 Å². The van der Waals surface area contributed by atoms with Crippen molar-refractivity contribution in [3.8, 4) is 0 Å². The molecule has 1 aliphatic carbocycles. The molecule has 0 amide bonds. The van der Waals surface area contributed by atoms with Crippen LogP contribution >= 0.6 is 19.2 Å². The van der Waals surface area contributed by atoms with Crippen molar-refractivity contribution in [3.05, 3.63) is 17.1 Å². The van der Waals surface area contributed by atoms with Gasteiger partial charge in [0.05, 0.1) is 37.9 Å². The monoisotopic (exact) mass is 606 g/mol. The summed E-state index contributed by atoms with van der Waals surface area (Å²) in [6, 6.07) is 0.178. The maximum Gasteiger partial charge on any atom is 0.361 e. The van der Waals surface area contributed by atoms with Gasteiger partial charge in [0.2, 0.25) is 5.34 Å². The largest absolute Gasteiger partial charge is 0.393 e. The standard InChI is InChI=1S/C21H32ClN8O9P/c22-14-5-16(24-11-3-1-2-4-11)30-20(25-14)12(6-23-30)19-18(33)17(32)13(39-19)7-38-21(9-31,40(34,35)36)10-37-8-15-26-28-29-27-15/h5-6,11-13,17-20,25,31-33H,1-4,7-10H2,(H2,34,35,36)(H,26,27,28,29)/t12?,13-,17-,18-,19+,20?,21?/m1/s1. The number of fused-ring (bicyclic) bond motifs is 1. The van der Waals surface area contributed by atoms with Crippen molar-refractivity contribution < 1.29 is 43.9 Å². The normalized spacial score (nSPS) is 33.3. The summed E-state index contributed by atoms with van der Waals surface area (Å²) in [5.74, 6) is 0.129. The Morgan fingerprint density at radius 1 is 1.27 bits per heavy atom. The summed E-state index contributed by atoms with van der Waals surface area (Å²) < 4.78 is 29.0. The molecule has 0 bridgehead atoms. The first-order chi connectivity index (χ1) is 19.1. The third kappa shape index (κ3) is 5.94. The highest BCUT2D eigenvalue weighted by Gasteiger charge is 2.54. The number of hydrazone groups is 1. The molecular formula is C21H32ClN8O9P. The first-order valence-corrected chi connectivity index (χ1v) is 14.8. The van der Waals surface area contributed by atoms with Crippen molar-refractivity contribution in [3.63, 3.8) is 0 Å². The first kappa shape index (κ1) is 29.4. The zero-order valence-corrected chi connectivity index (χ0v) is 22.9. The number of aliphatic imine (C=N–C) groups is 1. The molecule has 40 heavy (non-hydrogen) atoms. The van der Waals surface area contributed by atoms with Crippen LogP contribution in [0.4, 0.5) is 0 Å². The lowest BCUT2D eigenvalue weighted by Crippen LogP contribution is -2.53. The Kier molecular flexibility index (Phi) is 8.87. The molecule has 5 rings (SSSR count). The molecule has 1 aromatic heterocycles. The molecule has 1 aromatic rings. The van der Waals surface area contributed by atoms with Gasteiger partial charge in [-0.15, -0.1) is 10.2 Å². The molecule has 3 unspecified atom stereocenters. The van der Waals surface area contributed by atoms with E-state index >= 15 is 0 Å². The summed E-state index contributed by atoms with van der Waals surface area (Å²) in [5, 5.41) is 51.5. The van der Waals surface area contributed by atoms with Gasteiger partial charge in [0.15, 0.2) is 5.82 Å². The first-order valence-electron chi connectivity index (χ1n) is 12.8. The quantitative estimate of drug-likeness (QED) is 0.110. The van der Waals surface area contributed by atoms with Crippen LogP contribution in [0.1, 0.15) is 31.5 Å². The van der Waals surface area contributed by atoms with E-state index in [9.17, 15) is 29.7 Å². The smallest absolute Gasteiger partial charge is 0.361 e. The number of aliphatic hydroxyl groups is 3. The van der Waals surface area contributed by atoms with E-state index in [1.165, 1.54) is 0 Å². The van der Waals surface area contributed by atoms with Crippen LogP contribution in [0.25, 0.3) is 0 Å². The number of nitrogens with zero attached hydrogens (tertiary/aromatic N) is 6. The fourth-order valence-electron chi connectivity index (χ4n) is 5.18. The number of rotatable bonds is 11. The van der Waals surface area contributed by atoms with Crippen LogP contribution in [0.15, 0.2) is 21.3 Å². The second kappa shape index (κ2) is 12.1. The van der Waals surface area contributed by atoms with Crippen molar-refractivity contribution in [1.82, 2.24) is 30.9 Å². The van der Waals surface area contributed by atoms with Crippen LogP contribution in [0.2, 0.25) is 0 Å². The highest BCUT2D eigenvalue weighted by Crippen LogP contribution is 2.51. The van der Waals surface area contributed by atoms with Gasteiger partial charge < -0.3 is 44.6 Å². The maximum absolute atomic E-state index is 12.3. The molecular weight excluding hydrogens is 575 g/mol. The summed E-state index contributed by atoms with van der Waals surface area (Å²) in [4.78, 5) is 24.7. The predicted octanol–water partition coefficient (Wildman–Crippen LogP) is -1.64. The Balaban J connectivity index is 1.25. The zero-order chi connectivity index (χ0) is 28.5. The van der Waals surface area contributed by atoms with Gasteiger partial charge >= 0.3 is 7.60 Å². The molecule has 17 nitrogen and oxygen atoms in total. The second-order valence-corrected chi connectivity index (χ2v) is 12.4. The number of tetrazole rings is 1. The molecule has 4 aliphatic rings. The van der Waals surface area contributed by atoms with Gasteiger partial charge in [0, 0.05) is 12.3 Å². The molecule has 3 aliphatic heterocycles. The summed E-state index contributed by atoms with van der Waals surface area (Å²) in [6.45, 7) is -2.68. The Morgan fingerprint density at radius 3 is 2.73 bits per heavy atom. The number of ether oxygens (including phenoxy) is 3. The molecule has 7 N–H and O–H groups in total. The van der Waals surface area contributed by atoms with Gasteiger partial charge in [-0.2, -0.15) is 10.3 Å². The minimum absolute atomic E-state index is 0.119. The van der Waals surface area contributed by atoms with E-state index in [0.717, 1.165) is 25.7 Å². The highest BCUT2D eigenvalue weighted by molar-refractivity contribution is 7.53. The Morgan fingerprint density at radius 2 is 2.05 bits per heavy atom. The number of aromatic amines is 1. The zero-order valence-electron chi connectivity index (χ0n) is 21.2. The fraction of sp³-hybridized carbons (Fsp3) is 0.762. The van der Waals surface area contributed by atoms with Crippen LogP contribution in [0.3, 0.4) is 0 Å². The molecule has 4 heterocycles. The Bertz CT molecular complexity index is 1160. The number of aromatic nitrogens is 4. The number of halogens is 1. The van der Waals surface area contributed by atoms with Crippen molar-refractivity contribution in [2.45, 2.75) is 74.3 Å². The average molecular weight is 607 g/mol. The third-order valence-corrected chi connectivity index (χ3v) is 9.11. The van der Waals surface area contributed by atoms with Gasteiger partial charge in [0.1, 0.15) is 42.1 Å². The lowest BCUT2D eigenvalue weighted by atomic mass is 9.94. The SMILES string of the molecule is O=P(O)(O)C(CO)(COCc1nn[nH]n1)OC[C@H]1O[C@@H](C2C=NN3C(=NC4CCCC4)C=C(Cl)NC23)[C@H](O)[C@@H]1O. The highest BCUT2D eigenvalue weighted by atomic mass is 35.5. The number of H-pyrrole nitrogens is 1. The van der Waals surface area contributed by atoms with E-state index in [4.69, 9.17) is 30.8 Å². The predicted molar refractivity (Wildman–Crippen MR) is 137 cm³/mol. The summed E-state index contributed by atoms with van der Waals surface area (Å²) >= 11 is 6.35. The molecule has 0 spiro atoms. The maximum atomic E-state index is 12.3. The van der Waals surface area contributed by atoms with Crippen LogP contribution in [0.5, 0.6) is 0 Å². The summed E-state index contributed by atoms with van der Waals surface area (Å²) in [5.41, 5.74) is 0. The van der Waals surface area contributed by atoms with E-state index in [-0.39, 0.29) is 18.5 Å². The molecule has 7 atom stereocenters. The number of hydrogen-bond donors (Lipinski definition) is 7. The topological polar surface area (TPSA) is 240 Å². The van der Waals surface area contributed by atoms with Gasteiger partial charge in [-0.1, -0.05) is 29.7 Å². The van der Waals surface area contributed by atoms with Gasteiger partial charge in [-0.25, -0.2) is 5.01 Å². The third-order valence-electron chi connectivity index (χ3n) is 7.43. The molecule has 1 saturated heterocycles. The van der Waals surface area contributed by atoms with E-state index in [2.05, 4.69) is 31.0 Å². The van der Waals surface area contributed by atoms with Gasteiger partial charge in [0.25, 0.3) is 0 Å². The second-order valence-electron chi connectivity index (χ2n) is 10.1. The fourth-order valence-corrected chi connectivity index (χ4v) is 6.07. The number of aliphatic hydroxyl groups excluding tert-OH is 3. The number of amidine groups is 1. The molecule has 222 valence electrons. The van der Waals surface area contributed by atoms with Crippen molar-refractivity contribution in [1.29, 1.82) is 0 Å². The van der Waals surface area contributed by atoms with Crippen LogP contribution in [-0.2, 0) is 25.4 Å². The average Bonchev–Trinajstić information content (AvgIpc) is 3.71. The van der Waals surface area contributed by atoms with Crippen LogP contribution < -0.4 is 5.32 Å². The van der Waals surface area contributed by atoms with Crippen molar-refractivity contribution in [2.75, 3.05) is 19.8 Å². The van der Waals surface area contributed by atoms with Gasteiger partial charge in [-0.05, 0) is 12.8 Å². The molecule has 0 aromatic carbocycles. The van der Waals surface area contributed by atoms with E-state index in [1.54, 1.807) is 17.3 Å². The minimum atomic E-state index is -5.12. The van der Waals surface area contributed by atoms with Crippen molar-refractivity contribution in [2.24, 2.45) is 16.0 Å². The molecule has 0 radical (unpaired) electrons. The van der Waals surface area contributed by atoms with E-state index in [0.29, 0.717) is 11.0 Å². The van der Waals surface area contributed by atoms with E-state index in [1.807, 2.05) is 0 Å². The Labute approximate surface area is 233 Å². The Hall–Kier alpha value is -2.05. The van der Waals surface area contributed by atoms with Crippen LogP contribution in [-0.4, -0.2) is 125 Å². The molecule has 19 heteroatoms.